The second kappa shape index (κ2) is 7.22. The van der Waals surface area contributed by atoms with Gasteiger partial charge in [-0.1, -0.05) is 17.7 Å². The van der Waals surface area contributed by atoms with E-state index in [1.807, 2.05) is 31.2 Å². The first-order valence-corrected chi connectivity index (χ1v) is 7.55. The molecule has 0 bridgehead atoms. The van der Waals surface area contributed by atoms with Crippen LogP contribution < -0.4 is 10.6 Å². The first kappa shape index (κ1) is 17.4. The zero-order chi connectivity index (χ0) is 18.7. The zero-order valence-electron chi connectivity index (χ0n) is 13.6. The fourth-order valence-corrected chi connectivity index (χ4v) is 2.12. The normalized spacial score (nSPS) is 10.5. The van der Waals surface area contributed by atoms with Crippen molar-refractivity contribution in [1.82, 2.24) is 9.97 Å². The molecule has 0 saturated heterocycles. The third kappa shape index (κ3) is 3.80. The molecule has 0 fully saturated rings. The second-order valence-electron chi connectivity index (χ2n) is 5.43. The van der Waals surface area contributed by atoms with Crippen molar-refractivity contribution < 1.29 is 18.0 Å². The fourth-order valence-electron chi connectivity index (χ4n) is 2.12. The van der Waals surface area contributed by atoms with Crippen molar-refractivity contribution >= 4 is 23.2 Å². The molecule has 0 spiro atoms. The number of aromatic nitrogens is 2. The molecule has 26 heavy (non-hydrogen) atoms. The van der Waals surface area contributed by atoms with Gasteiger partial charge in [0.25, 0.3) is 5.91 Å². The molecule has 3 rings (SSSR count). The van der Waals surface area contributed by atoms with Crippen LogP contribution in [0.2, 0.25) is 0 Å². The molecule has 0 aliphatic heterocycles. The van der Waals surface area contributed by atoms with Crippen molar-refractivity contribution in [2.24, 2.45) is 0 Å². The Hall–Kier alpha value is -3.42. The van der Waals surface area contributed by atoms with E-state index in [1.54, 1.807) is 0 Å². The van der Waals surface area contributed by atoms with E-state index in [4.69, 9.17) is 0 Å². The molecule has 0 aliphatic carbocycles. The highest BCUT2D eigenvalue weighted by Gasteiger charge is 2.17. The van der Waals surface area contributed by atoms with Gasteiger partial charge in [-0.25, -0.2) is 23.1 Å². The molecule has 0 saturated carbocycles. The third-order valence-corrected chi connectivity index (χ3v) is 3.48. The molecular weight excluding hydrogens is 345 g/mol. The molecule has 0 atom stereocenters. The lowest BCUT2D eigenvalue weighted by molar-refractivity contribution is 0.102. The Morgan fingerprint density at radius 1 is 0.962 bits per heavy atom. The number of anilines is 3. The van der Waals surface area contributed by atoms with Crippen LogP contribution in [0.1, 0.15) is 16.1 Å². The van der Waals surface area contributed by atoms with Gasteiger partial charge in [0.1, 0.15) is 5.69 Å². The smallest absolute Gasteiger partial charge is 0.274 e. The predicted octanol–water partition coefficient (Wildman–Crippen LogP) is 4.20. The molecule has 1 aromatic heterocycles. The molecule has 1 heterocycles. The van der Waals surface area contributed by atoms with Crippen LogP contribution in [-0.2, 0) is 0 Å². The van der Waals surface area contributed by atoms with Gasteiger partial charge in [0.2, 0.25) is 5.95 Å². The van der Waals surface area contributed by atoms with Crippen LogP contribution in [0.4, 0.5) is 30.5 Å². The van der Waals surface area contributed by atoms with E-state index in [0.717, 1.165) is 23.4 Å². The standard InChI is InChI=1S/C18H13F3N4O/c1-10-2-4-11(5-3-10)23-18-22-9-8-14(25-18)17(26)24-13-7-6-12(19)15(20)16(13)21/h2-9H,1H3,(H,24,26)(H,22,23,25). The number of rotatable bonds is 4. The summed E-state index contributed by atoms with van der Waals surface area (Å²) < 4.78 is 39.9. The Labute approximate surface area is 146 Å². The van der Waals surface area contributed by atoms with Crippen LogP contribution in [0, 0.1) is 24.4 Å². The number of benzene rings is 2. The van der Waals surface area contributed by atoms with E-state index in [-0.39, 0.29) is 11.6 Å². The maximum Gasteiger partial charge on any atom is 0.274 e. The lowest BCUT2D eigenvalue weighted by Crippen LogP contribution is -2.16. The largest absolute Gasteiger partial charge is 0.324 e. The SMILES string of the molecule is Cc1ccc(Nc2nccc(C(=O)Nc3ccc(F)c(F)c3F)n2)cc1. The van der Waals surface area contributed by atoms with Crippen molar-refractivity contribution in [2.45, 2.75) is 6.92 Å². The first-order valence-electron chi connectivity index (χ1n) is 7.55. The number of halogens is 3. The van der Waals surface area contributed by atoms with Gasteiger partial charge in [0.05, 0.1) is 5.69 Å². The molecular formula is C18H13F3N4O. The Balaban J connectivity index is 1.78. The maximum atomic E-state index is 13.7. The van der Waals surface area contributed by atoms with E-state index in [2.05, 4.69) is 20.6 Å². The van der Waals surface area contributed by atoms with Crippen LogP contribution in [0.3, 0.4) is 0 Å². The summed E-state index contributed by atoms with van der Waals surface area (Å²) in [4.78, 5) is 20.2. The summed E-state index contributed by atoms with van der Waals surface area (Å²) in [5.74, 6) is -5.11. The van der Waals surface area contributed by atoms with Crippen LogP contribution in [0.25, 0.3) is 0 Å². The molecule has 0 aliphatic rings. The highest BCUT2D eigenvalue weighted by atomic mass is 19.2. The summed E-state index contributed by atoms with van der Waals surface area (Å²) in [6, 6.07) is 10.4. The van der Waals surface area contributed by atoms with Crippen LogP contribution in [0.5, 0.6) is 0 Å². The van der Waals surface area contributed by atoms with E-state index in [0.29, 0.717) is 0 Å². The highest BCUT2D eigenvalue weighted by Crippen LogP contribution is 2.20. The van der Waals surface area contributed by atoms with Gasteiger partial charge in [-0.3, -0.25) is 4.79 Å². The monoisotopic (exact) mass is 358 g/mol. The number of hydrogen-bond donors (Lipinski definition) is 2. The fraction of sp³-hybridized carbons (Fsp3) is 0.0556. The molecule has 5 nitrogen and oxygen atoms in total. The molecule has 2 aromatic carbocycles. The maximum absolute atomic E-state index is 13.7. The highest BCUT2D eigenvalue weighted by molar-refractivity contribution is 6.03. The van der Waals surface area contributed by atoms with Crippen molar-refractivity contribution in [1.29, 1.82) is 0 Å². The minimum absolute atomic E-state index is 0.0706. The van der Waals surface area contributed by atoms with Crippen molar-refractivity contribution in [3.63, 3.8) is 0 Å². The average molecular weight is 358 g/mol. The average Bonchev–Trinajstić information content (AvgIpc) is 2.64. The molecule has 0 radical (unpaired) electrons. The number of nitrogens with one attached hydrogen (secondary N) is 2. The minimum atomic E-state index is -1.66. The van der Waals surface area contributed by atoms with Crippen LogP contribution in [-0.4, -0.2) is 15.9 Å². The number of carbonyl (C=O) groups is 1. The summed E-state index contributed by atoms with van der Waals surface area (Å²) in [5.41, 5.74) is 1.25. The Bertz CT molecular complexity index is 961. The van der Waals surface area contributed by atoms with Gasteiger partial charge in [-0.05, 0) is 37.3 Å². The molecule has 132 valence electrons. The van der Waals surface area contributed by atoms with Crippen molar-refractivity contribution in [3.8, 4) is 0 Å². The predicted molar refractivity (Wildman–Crippen MR) is 90.8 cm³/mol. The van der Waals surface area contributed by atoms with E-state index in [1.165, 1.54) is 12.3 Å². The van der Waals surface area contributed by atoms with E-state index < -0.39 is 29.0 Å². The number of aryl methyl sites for hydroxylation is 1. The number of carbonyl (C=O) groups excluding carboxylic acids is 1. The Kier molecular flexibility index (Phi) is 4.83. The second-order valence-corrected chi connectivity index (χ2v) is 5.43. The third-order valence-electron chi connectivity index (χ3n) is 3.48. The Morgan fingerprint density at radius 3 is 2.42 bits per heavy atom. The summed E-state index contributed by atoms with van der Waals surface area (Å²) in [7, 11) is 0. The molecule has 2 N–H and O–H groups in total. The molecule has 8 heteroatoms. The zero-order valence-corrected chi connectivity index (χ0v) is 13.6. The van der Waals surface area contributed by atoms with Crippen LogP contribution in [0.15, 0.2) is 48.7 Å². The topological polar surface area (TPSA) is 66.9 Å². The van der Waals surface area contributed by atoms with Crippen molar-refractivity contribution in [2.75, 3.05) is 10.6 Å². The van der Waals surface area contributed by atoms with Crippen molar-refractivity contribution in [3.05, 3.63) is 77.4 Å². The van der Waals surface area contributed by atoms with E-state index in [9.17, 15) is 18.0 Å². The Morgan fingerprint density at radius 2 is 1.69 bits per heavy atom. The summed E-state index contributed by atoms with van der Waals surface area (Å²) in [5, 5.41) is 5.09. The minimum Gasteiger partial charge on any atom is -0.324 e. The molecule has 3 aromatic rings. The molecule has 1 amide bonds. The van der Waals surface area contributed by atoms with Crippen LogP contribution >= 0.6 is 0 Å². The summed E-state index contributed by atoms with van der Waals surface area (Å²) >= 11 is 0. The summed E-state index contributed by atoms with van der Waals surface area (Å²) in [6.07, 6.45) is 1.35. The lowest BCUT2D eigenvalue weighted by Gasteiger charge is -2.09. The lowest BCUT2D eigenvalue weighted by atomic mass is 10.2. The van der Waals surface area contributed by atoms with Gasteiger partial charge in [-0.2, -0.15) is 0 Å². The quantitative estimate of drug-likeness (QED) is 0.686. The van der Waals surface area contributed by atoms with Gasteiger partial charge >= 0.3 is 0 Å². The molecule has 0 unspecified atom stereocenters. The van der Waals surface area contributed by atoms with Gasteiger partial charge < -0.3 is 10.6 Å². The van der Waals surface area contributed by atoms with Gasteiger partial charge in [-0.15, -0.1) is 0 Å². The first-order chi connectivity index (χ1) is 12.4. The number of nitrogens with zero attached hydrogens (tertiary/aromatic N) is 2. The van der Waals surface area contributed by atoms with Gasteiger partial charge in [0, 0.05) is 11.9 Å². The number of hydrogen-bond acceptors (Lipinski definition) is 4. The van der Waals surface area contributed by atoms with Gasteiger partial charge in [0.15, 0.2) is 17.5 Å². The number of amides is 1. The van der Waals surface area contributed by atoms with E-state index >= 15 is 0 Å². The summed E-state index contributed by atoms with van der Waals surface area (Å²) in [6.45, 7) is 1.95.